The van der Waals surface area contributed by atoms with Crippen LogP contribution in [0.1, 0.15) is 101 Å². The Morgan fingerprint density at radius 2 is 0.740 bits per heavy atom. The fraction of sp³-hybridized carbons (Fsp3) is 0.889. The lowest BCUT2D eigenvalue weighted by Crippen LogP contribution is -2.46. The van der Waals surface area contributed by atoms with Crippen LogP contribution in [0, 0.1) is 5.92 Å². The molecule has 0 aromatic carbocycles. The van der Waals surface area contributed by atoms with Gasteiger partial charge in [-0.15, -0.1) is 0 Å². The summed E-state index contributed by atoms with van der Waals surface area (Å²) in [6.45, 7) is 25.7. The summed E-state index contributed by atoms with van der Waals surface area (Å²) in [6.07, 6.45) is 14.4. The summed E-state index contributed by atoms with van der Waals surface area (Å²) in [5.74, 6) is 0.467. The average Bonchev–Trinajstić information content (AvgIpc) is 3.08. The van der Waals surface area contributed by atoms with E-state index in [1.54, 1.807) is 0 Å². The molecule has 0 bridgehead atoms. The highest BCUT2D eigenvalue weighted by Gasteiger charge is 2.41. The Bertz CT molecular complexity index is 756. The minimum absolute atomic E-state index is 0.467. The molecule has 0 rings (SSSR count). The van der Waals surface area contributed by atoms with Gasteiger partial charge in [-0.05, 0) is 107 Å². The van der Waals surface area contributed by atoms with Crippen molar-refractivity contribution in [2.45, 2.75) is 119 Å². The minimum atomic E-state index is -2.70. The summed E-state index contributed by atoms with van der Waals surface area (Å²) in [6, 6.07) is 2.34. The van der Waals surface area contributed by atoms with E-state index in [9.17, 15) is 0 Å². The highest BCUT2D eigenvalue weighted by Crippen LogP contribution is 2.26. The molecule has 0 radical (unpaired) electrons. The summed E-state index contributed by atoms with van der Waals surface area (Å²) in [7, 11) is -7.94. The molecule has 0 spiro atoms. The number of hydrogen-bond acceptors (Lipinski definition) is 11. The largest absolute Gasteiger partial charge is 0.501 e. The van der Waals surface area contributed by atoms with Gasteiger partial charge in [0.05, 0.1) is 13.2 Å². The van der Waals surface area contributed by atoms with Gasteiger partial charge in [-0.25, -0.2) is 0 Å². The zero-order chi connectivity index (χ0) is 37.2. The van der Waals surface area contributed by atoms with Crippen LogP contribution in [0.3, 0.4) is 0 Å². The van der Waals surface area contributed by atoms with E-state index in [1.807, 2.05) is 62.3 Å². The van der Waals surface area contributed by atoms with E-state index in [2.05, 4.69) is 24.3 Å². The van der Waals surface area contributed by atoms with Gasteiger partial charge in [-0.1, -0.05) is 24.3 Å². The first kappa shape index (κ1) is 49.7. The maximum Gasteiger partial charge on any atom is 0.501 e. The molecule has 11 nitrogen and oxygen atoms in total. The second-order valence-electron chi connectivity index (χ2n) is 11.5. The van der Waals surface area contributed by atoms with E-state index in [0.717, 1.165) is 56.7 Å². The third-order valence-electron chi connectivity index (χ3n) is 7.65. The minimum Gasteiger partial charge on any atom is -0.377 e. The summed E-state index contributed by atoms with van der Waals surface area (Å²) in [4.78, 5) is 0. The second-order valence-corrected chi connectivity index (χ2v) is 19.7. The Balaban J connectivity index is 4.99. The van der Waals surface area contributed by atoms with Crippen LogP contribution >= 0.6 is 0 Å². The smallest absolute Gasteiger partial charge is 0.377 e. The molecule has 0 saturated heterocycles. The molecule has 0 amide bonds. The molecule has 0 aliphatic heterocycles. The van der Waals surface area contributed by atoms with E-state index >= 15 is 0 Å². The Kier molecular flexibility index (Phi) is 33.1. The standard InChI is InChI=1S/C36H76O11Si3/c1-10-39-48(40-11-2,41-12-3)33-24-31-37-29-22-19-20-26-36(28-35-50(45-16-7,46-17-8)47-18-9)27-21-23-30-38-32-25-34-49(42-13-4,43-14-5)44-15-6/h19,21-23,36H,10-18,20,24-35H2,1-9H3/b22-19+,23-21+. The second kappa shape index (κ2) is 33.3. The molecule has 1 atom stereocenters. The monoisotopic (exact) mass is 768 g/mol. The van der Waals surface area contributed by atoms with Crippen molar-refractivity contribution >= 4 is 26.4 Å². The van der Waals surface area contributed by atoms with Gasteiger partial charge in [0.1, 0.15) is 0 Å². The first-order valence-electron chi connectivity index (χ1n) is 19.5. The van der Waals surface area contributed by atoms with Crippen molar-refractivity contribution in [1.82, 2.24) is 0 Å². The van der Waals surface area contributed by atoms with Gasteiger partial charge in [-0.3, -0.25) is 0 Å². The third-order valence-corrected chi connectivity index (χ3v) is 17.0. The summed E-state index contributed by atoms with van der Waals surface area (Å²) < 4.78 is 66.0. The zero-order valence-corrected chi connectivity index (χ0v) is 36.4. The van der Waals surface area contributed by atoms with Crippen molar-refractivity contribution in [3.63, 3.8) is 0 Å². The Morgan fingerprint density at radius 3 is 1.10 bits per heavy atom. The molecule has 0 fully saturated rings. The van der Waals surface area contributed by atoms with Crippen molar-refractivity contribution in [3.8, 4) is 0 Å². The Hall–Kier alpha value is -0.309. The molecular weight excluding hydrogens is 693 g/mol. The number of rotatable bonds is 38. The first-order chi connectivity index (χ1) is 24.3. The highest BCUT2D eigenvalue weighted by molar-refractivity contribution is 6.61. The molecule has 0 aliphatic rings. The molecule has 0 N–H and O–H groups in total. The fourth-order valence-corrected chi connectivity index (χ4v) is 13.6. The molecule has 50 heavy (non-hydrogen) atoms. The van der Waals surface area contributed by atoms with Crippen molar-refractivity contribution in [1.29, 1.82) is 0 Å². The molecule has 0 saturated carbocycles. The van der Waals surface area contributed by atoms with Crippen LogP contribution in [-0.2, 0) is 49.3 Å². The maximum absolute atomic E-state index is 6.14. The summed E-state index contributed by atoms with van der Waals surface area (Å²) in [5.41, 5.74) is 0. The van der Waals surface area contributed by atoms with Crippen molar-refractivity contribution in [2.75, 3.05) is 85.9 Å². The Labute approximate surface area is 310 Å². The third kappa shape index (κ3) is 23.4. The predicted octanol–water partition coefficient (Wildman–Crippen LogP) is 8.23. The molecule has 1 unspecified atom stereocenters. The van der Waals surface area contributed by atoms with Crippen LogP contribution in [0.2, 0.25) is 18.1 Å². The van der Waals surface area contributed by atoms with Crippen molar-refractivity contribution in [3.05, 3.63) is 24.3 Å². The lowest BCUT2D eigenvalue weighted by atomic mass is 9.96. The molecule has 0 heterocycles. The predicted molar refractivity (Wildman–Crippen MR) is 207 cm³/mol. The number of allylic oxidation sites excluding steroid dienone is 2. The van der Waals surface area contributed by atoms with Gasteiger partial charge < -0.3 is 49.3 Å². The van der Waals surface area contributed by atoms with E-state index < -0.39 is 26.4 Å². The average molecular weight is 769 g/mol. The molecular formula is C36H76O11Si3. The van der Waals surface area contributed by atoms with Gasteiger partial charge >= 0.3 is 26.4 Å². The Morgan fingerprint density at radius 1 is 0.400 bits per heavy atom. The molecule has 0 aromatic heterocycles. The lowest BCUT2D eigenvalue weighted by Gasteiger charge is -2.29. The van der Waals surface area contributed by atoms with Crippen LogP contribution in [0.25, 0.3) is 0 Å². The highest BCUT2D eigenvalue weighted by atomic mass is 28.4. The number of ether oxygens (including phenoxy) is 2. The fourth-order valence-electron chi connectivity index (χ4n) is 5.72. The lowest BCUT2D eigenvalue weighted by molar-refractivity contribution is 0.0665. The molecule has 14 heteroatoms. The van der Waals surface area contributed by atoms with Crippen LogP contribution in [-0.4, -0.2) is 112 Å². The number of hydrogen-bond donors (Lipinski definition) is 0. The topological polar surface area (TPSA) is 102 Å². The van der Waals surface area contributed by atoms with Gasteiger partial charge in [0.25, 0.3) is 0 Å². The van der Waals surface area contributed by atoms with Crippen LogP contribution < -0.4 is 0 Å². The van der Waals surface area contributed by atoms with Gasteiger partial charge in [-0.2, -0.15) is 0 Å². The van der Waals surface area contributed by atoms with Crippen LogP contribution in [0.5, 0.6) is 0 Å². The van der Waals surface area contributed by atoms with Gasteiger partial charge in [0.15, 0.2) is 0 Å². The quantitative estimate of drug-likeness (QED) is 0.0345. The molecule has 0 aromatic rings. The molecule has 298 valence electrons. The van der Waals surface area contributed by atoms with Gasteiger partial charge in [0.2, 0.25) is 0 Å². The van der Waals surface area contributed by atoms with E-state index in [1.165, 1.54) is 0 Å². The van der Waals surface area contributed by atoms with E-state index in [4.69, 9.17) is 49.3 Å². The molecule has 0 aliphatic carbocycles. The SMILES string of the molecule is CCO[Si](CCCOC/C=C/CCC(C/C=C/COCCC[Si](OCC)(OCC)OCC)CC[Si](OCC)(OCC)OCC)(OCC)OCC. The van der Waals surface area contributed by atoms with Gasteiger partial charge in [0, 0.05) is 90.8 Å². The van der Waals surface area contributed by atoms with Crippen molar-refractivity contribution in [2.24, 2.45) is 5.92 Å². The zero-order valence-electron chi connectivity index (χ0n) is 33.4. The normalized spacial score (nSPS) is 13.7. The van der Waals surface area contributed by atoms with Crippen LogP contribution in [0.15, 0.2) is 24.3 Å². The summed E-state index contributed by atoms with van der Waals surface area (Å²) >= 11 is 0. The summed E-state index contributed by atoms with van der Waals surface area (Å²) in [5, 5.41) is 0. The van der Waals surface area contributed by atoms with E-state index in [0.29, 0.717) is 91.8 Å². The van der Waals surface area contributed by atoms with Crippen LogP contribution in [0.4, 0.5) is 0 Å². The first-order valence-corrected chi connectivity index (χ1v) is 25.3. The van der Waals surface area contributed by atoms with E-state index in [-0.39, 0.29) is 0 Å². The maximum atomic E-state index is 6.14. The van der Waals surface area contributed by atoms with Crippen molar-refractivity contribution < 1.29 is 49.3 Å².